The Morgan fingerprint density at radius 1 is 1.17 bits per heavy atom. The molecule has 0 saturated carbocycles. The number of nitrogens with one attached hydrogen (secondary N) is 1. The maximum absolute atomic E-state index is 9.92. The lowest BCUT2D eigenvalue weighted by molar-refractivity contribution is 0.262. The highest BCUT2D eigenvalue weighted by Gasteiger charge is 2.35. The topological polar surface area (TPSA) is 39.1 Å². The fraction of sp³-hybridized carbons (Fsp3) is 0.650. The van der Waals surface area contributed by atoms with Crippen molar-refractivity contribution in [3.05, 3.63) is 35.9 Å². The molecule has 1 atom stereocenters. The van der Waals surface area contributed by atoms with Gasteiger partial charge in [-0.25, -0.2) is 0 Å². The van der Waals surface area contributed by atoms with Crippen LogP contribution in [0, 0.1) is 17.2 Å². The van der Waals surface area contributed by atoms with Gasteiger partial charge in [0.1, 0.15) is 0 Å². The first kappa shape index (κ1) is 19.7. The van der Waals surface area contributed by atoms with Crippen LogP contribution in [0.5, 0.6) is 0 Å². The van der Waals surface area contributed by atoms with Crippen molar-refractivity contribution in [1.29, 1.82) is 5.26 Å². The zero-order valence-electron chi connectivity index (χ0n) is 15.3. The van der Waals surface area contributed by atoms with Crippen molar-refractivity contribution in [2.45, 2.75) is 46.0 Å². The van der Waals surface area contributed by atoms with Crippen LogP contribution in [0.15, 0.2) is 30.3 Å². The normalized spacial score (nSPS) is 14.0. The van der Waals surface area contributed by atoms with Crippen LogP contribution in [-0.2, 0) is 5.41 Å². The number of nitrogens with zero attached hydrogens (tertiary/aromatic N) is 2. The van der Waals surface area contributed by atoms with Gasteiger partial charge in [0, 0.05) is 13.1 Å². The predicted octanol–water partition coefficient (Wildman–Crippen LogP) is 3.82. The molecule has 0 amide bonds. The van der Waals surface area contributed by atoms with E-state index >= 15 is 0 Å². The second-order valence-electron chi connectivity index (χ2n) is 6.50. The Bertz CT molecular complexity index is 464. The molecule has 3 nitrogen and oxygen atoms in total. The van der Waals surface area contributed by atoms with Crippen LogP contribution in [0.25, 0.3) is 0 Å². The molecule has 0 bridgehead atoms. The summed E-state index contributed by atoms with van der Waals surface area (Å²) < 4.78 is 0. The number of hydrogen-bond donors (Lipinski definition) is 1. The van der Waals surface area contributed by atoms with Crippen LogP contribution in [0.2, 0.25) is 0 Å². The standard InChI is InChI=1S/C20H33N3/c1-5-22-14-16-23(6-2)15-10-13-20(17-21,18(3)4)19-11-8-7-9-12-19/h7-9,11-12,18,22H,5-6,10,13-16H2,1-4H3. The molecule has 1 rings (SSSR count). The van der Waals surface area contributed by atoms with Crippen molar-refractivity contribution in [3.8, 4) is 6.07 Å². The van der Waals surface area contributed by atoms with Crippen LogP contribution in [0.3, 0.4) is 0 Å². The molecule has 1 aromatic carbocycles. The molecule has 0 aliphatic rings. The zero-order valence-corrected chi connectivity index (χ0v) is 15.3. The van der Waals surface area contributed by atoms with E-state index < -0.39 is 0 Å². The molecule has 128 valence electrons. The Morgan fingerprint density at radius 2 is 1.87 bits per heavy atom. The van der Waals surface area contributed by atoms with Gasteiger partial charge in [0.2, 0.25) is 0 Å². The van der Waals surface area contributed by atoms with E-state index in [0.29, 0.717) is 5.92 Å². The molecule has 0 aromatic heterocycles. The summed E-state index contributed by atoms with van der Waals surface area (Å²) in [6, 6.07) is 13.0. The van der Waals surface area contributed by atoms with E-state index in [2.05, 4.69) is 56.1 Å². The van der Waals surface area contributed by atoms with Crippen LogP contribution < -0.4 is 5.32 Å². The Labute approximate surface area is 142 Å². The monoisotopic (exact) mass is 315 g/mol. The third kappa shape index (κ3) is 5.64. The number of hydrogen-bond acceptors (Lipinski definition) is 3. The molecule has 23 heavy (non-hydrogen) atoms. The number of benzene rings is 1. The minimum atomic E-state index is -0.373. The van der Waals surface area contributed by atoms with Gasteiger partial charge in [0.15, 0.2) is 0 Å². The Kier molecular flexibility index (Phi) is 8.91. The summed E-state index contributed by atoms with van der Waals surface area (Å²) >= 11 is 0. The Hall–Kier alpha value is -1.37. The fourth-order valence-corrected chi connectivity index (χ4v) is 3.17. The van der Waals surface area contributed by atoms with Gasteiger partial charge < -0.3 is 10.2 Å². The molecule has 1 N–H and O–H groups in total. The summed E-state index contributed by atoms with van der Waals surface area (Å²) in [7, 11) is 0. The van der Waals surface area contributed by atoms with Crippen molar-refractivity contribution in [2.24, 2.45) is 5.92 Å². The second-order valence-corrected chi connectivity index (χ2v) is 6.50. The van der Waals surface area contributed by atoms with Gasteiger partial charge in [0.25, 0.3) is 0 Å². The average Bonchev–Trinajstić information content (AvgIpc) is 2.58. The smallest absolute Gasteiger partial charge is 0.0845 e. The van der Waals surface area contributed by atoms with Gasteiger partial charge in [-0.05, 0) is 44.0 Å². The van der Waals surface area contributed by atoms with Crippen LogP contribution in [0.4, 0.5) is 0 Å². The van der Waals surface area contributed by atoms with E-state index in [-0.39, 0.29) is 5.41 Å². The third-order valence-electron chi connectivity index (χ3n) is 4.82. The largest absolute Gasteiger partial charge is 0.316 e. The Balaban J connectivity index is 2.67. The summed E-state index contributed by atoms with van der Waals surface area (Å²) in [4.78, 5) is 2.47. The molecule has 3 heteroatoms. The Morgan fingerprint density at radius 3 is 2.39 bits per heavy atom. The van der Waals surface area contributed by atoms with Gasteiger partial charge in [-0.1, -0.05) is 58.0 Å². The minimum absolute atomic E-state index is 0.312. The van der Waals surface area contributed by atoms with E-state index in [0.717, 1.165) is 51.1 Å². The maximum Gasteiger partial charge on any atom is 0.0845 e. The maximum atomic E-state index is 9.92. The molecule has 1 aromatic rings. The van der Waals surface area contributed by atoms with E-state index in [4.69, 9.17) is 0 Å². The highest BCUT2D eigenvalue weighted by atomic mass is 15.1. The first-order chi connectivity index (χ1) is 11.1. The fourth-order valence-electron chi connectivity index (χ4n) is 3.17. The van der Waals surface area contributed by atoms with Crippen molar-refractivity contribution >= 4 is 0 Å². The van der Waals surface area contributed by atoms with Gasteiger partial charge in [-0.15, -0.1) is 0 Å². The molecule has 1 unspecified atom stereocenters. The second kappa shape index (κ2) is 10.4. The summed E-state index contributed by atoms with van der Waals surface area (Å²) in [5, 5.41) is 13.3. The van der Waals surface area contributed by atoms with Crippen molar-refractivity contribution in [1.82, 2.24) is 10.2 Å². The van der Waals surface area contributed by atoms with Crippen LogP contribution in [-0.4, -0.2) is 37.6 Å². The lowest BCUT2D eigenvalue weighted by atomic mass is 9.70. The first-order valence-electron chi connectivity index (χ1n) is 9.00. The quantitative estimate of drug-likeness (QED) is 0.631. The molecular formula is C20H33N3. The molecule has 0 radical (unpaired) electrons. The molecule has 0 aliphatic heterocycles. The molecular weight excluding hydrogens is 282 g/mol. The summed E-state index contributed by atoms with van der Waals surface area (Å²) in [5.41, 5.74) is 0.788. The SMILES string of the molecule is CCNCCN(CC)CCCC(C#N)(c1ccccc1)C(C)C. The minimum Gasteiger partial charge on any atom is -0.316 e. The molecule has 0 heterocycles. The third-order valence-corrected chi connectivity index (χ3v) is 4.82. The first-order valence-corrected chi connectivity index (χ1v) is 9.00. The highest BCUT2D eigenvalue weighted by Crippen LogP contribution is 2.36. The van der Waals surface area contributed by atoms with E-state index in [9.17, 15) is 5.26 Å². The van der Waals surface area contributed by atoms with E-state index in [1.165, 1.54) is 0 Å². The summed E-state index contributed by atoms with van der Waals surface area (Å²) in [6.45, 7) is 14.0. The number of nitriles is 1. The average molecular weight is 316 g/mol. The predicted molar refractivity (Wildman–Crippen MR) is 98.5 cm³/mol. The van der Waals surface area contributed by atoms with Crippen LogP contribution >= 0.6 is 0 Å². The van der Waals surface area contributed by atoms with Crippen LogP contribution in [0.1, 0.15) is 46.1 Å². The van der Waals surface area contributed by atoms with Crippen molar-refractivity contribution in [3.63, 3.8) is 0 Å². The zero-order chi connectivity index (χ0) is 17.1. The number of rotatable bonds is 11. The van der Waals surface area contributed by atoms with Crippen molar-refractivity contribution in [2.75, 3.05) is 32.7 Å². The lowest BCUT2D eigenvalue weighted by Crippen LogP contribution is -2.35. The highest BCUT2D eigenvalue weighted by molar-refractivity contribution is 5.33. The number of likely N-dealkylation sites (N-methyl/N-ethyl adjacent to an activating group) is 2. The summed E-state index contributed by atoms with van der Waals surface area (Å²) in [5.74, 6) is 0.312. The molecule has 0 fully saturated rings. The molecule has 0 saturated heterocycles. The van der Waals surface area contributed by atoms with Gasteiger partial charge in [-0.3, -0.25) is 0 Å². The van der Waals surface area contributed by atoms with Gasteiger partial charge in [0.05, 0.1) is 11.5 Å². The van der Waals surface area contributed by atoms with E-state index in [1.54, 1.807) is 0 Å². The van der Waals surface area contributed by atoms with Crippen molar-refractivity contribution < 1.29 is 0 Å². The lowest BCUT2D eigenvalue weighted by Gasteiger charge is -2.32. The molecule has 0 aliphatic carbocycles. The summed E-state index contributed by atoms with van der Waals surface area (Å²) in [6.07, 6.45) is 1.98. The van der Waals surface area contributed by atoms with Gasteiger partial charge >= 0.3 is 0 Å². The van der Waals surface area contributed by atoms with Gasteiger partial charge in [-0.2, -0.15) is 5.26 Å². The van der Waals surface area contributed by atoms with E-state index in [1.807, 2.05) is 18.2 Å². The molecule has 0 spiro atoms.